The van der Waals surface area contributed by atoms with E-state index in [0.29, 0.717) is 22.9 Å². The number of aliphatic hydroxyl groups excluding tert-OH is 1. The first-order valence-electron chi connectivity index (χ1n) is 8.68. The van der Waals surface area contributed by atoms with Crippen LogP contribution in [0.2, 0.25) is 0 Å². The van der Waals surface area contributed by atoms with Gasteiger partial charge in [0.2, 0.25) is 5.76 Å². The van der Waals surface area contributed by atoms with E-state index in [9.17, 15) is 14.4 Å². The first kappa shape index (κ1) is 19.6. The van der Waals surface area contributed by atoms with E-state index in [1.807, 2.05) is 36.4 Å². The summed E-state index contributed by atoms with van der Waals surface area (Å²) in [6.45, 7) is 0. The summed E-state index contributed by atoms with van der Waals surface area (Å²) in [5, 5.41) is 22.4. The second kappa shape index (κ2) is 8.67. The molecule has 0 heterocycles. The minimum Gasteiger partial charge on any atom is -0.502 e. The SMILES string of the molecule is O=C(/C=C(\O)C(=O)O)/C=C/c1ccc(NC(=O)c2ccc3ccccc3c2)cc1. The summed E-state index contributed by atoms with van der Waals surface area (Å²) in [6.07, 6.45) is 3.24. The van der Waals surface area contributed by atoms with E-state index in [1.54, 1.807) is 30.3 Å². The van der Waals surface area contributed by atoms with Crippen molar-refractivity contribution in [3.63, 3.8) is 0 Å². The maximum absolute atomic E-state index is 12.5. The summed E-state index contributed by atoms with van der Waals surface area (Å²) in [7, 11) is 0. The molecule has 0 aliphatic rings. The van der Waals surface area contributed by atoms with Gasteiger partial charge < -0.3 is 15.5 Å². The smallest absolute Gasteiger partial charge is 0.371 e. The molecule has 0 fully saturated rings. The van der Waals surface area contributed by atoms with Crippen molar-refractivity contribution in [3.05, 3.63) is 95.8 Å². The molecule has 6 heteroatoms. The summed E-state index contributed by atoms with van der Waals surface area (Å²) in [6, 6.07) is 20.0. The van der Waals surface area contributed by atoms with Gasteiger partial charge in [0.05, 0.1) is 0 Å². The number of aliphatic carboxylic acids is 1. The third-order valence-corrected chi connectivity index (χ3v) is 4.12. The van der Waals surface area contributed by atoms with Crippen LogP contribution in [0.25, 0.3) is 16.8 Å². The predicted octanol–water partition coefficient (Wildman–Crippen LogP) is 4.20. The van der Waals surface area contributed by atoms with Gasteiger partial charge in [-0.3, -0.25) is 9.59 Å². The molecule has 0 aliphatic carbocycles. The van der Waals surface area contributed by atoms with Crippen LogP contribution in [-0.4, -0.2) is 27.9 Å². The van der Waals surface area contributed by atoms with Crippen LogP contribution in [0, 0.1) is 0 Å². The quantitative estimate of drug-likeness (QED) is 0.434. The van der Waals surface area contributed by atoms with Crippen molar-refractivity contribution in [1.82, 2.24) is 0 Å². The summed E-state index contributed by atoms with van der Waals surface area (Å²) < 4.78 is 0. The fraction of sp³-hybridized carbons (Fsp3) is 0. The van der Waals surface area contributed by atoms with E-state index in [0.717, 1.165) is 16.8 Å². The molecular formula is C23H17NO5. The Morgan fingerprint density at radius 2 is 1.52 bits per heavy atom. The zero-order valence-electron chi connectivity index (χ0n) is 15.2. The molecule has 29 heavy (non-hydrogen) atoms. The Hall–Kier alpha value is -4.19. The Morgan fingerprint density at radius 3 is 2.21 bits per heavy atom. The molecule has 3 aromatic rings. The van der Waals surface area contributed by atoms with Crippen LogP contribution in [0.5, 0.6) is 0 Å². The largest absolute Gasteiger partial charge is 0.502 e. The zero-order valence-corrected chi connectivity index (χ0v) is 15.2. The normalized spacial score (nSPS) is 11.5. The number of allylic oxidation sites excluding steroid dienone is 2. The van der Waals surface area contributed by atoms with Crippen molar-refractivity contribution in [1.29, 1.82) is 0 Å². The Morgan fingerprint density at radius 1 is 0.828 bits per heavy atom. The fourth-order valence-corrected chi connectivity index (χ4v) is 2.63. The number of ketones is 1. The van der Waals surface area contributed by atoms with Crippen molar-refractivity contribution < 1.29 is 24.6 Å². The van der Waals surface area contributed by atoms with Gasteiger partial charge in [0.15, 0.2) is 5.78 Å². The molecule has 0 aliphatic heterocycles. The Kier molecular flexibility index (Phi) is 5.85. The highest BCUT2D eigenvalue weighted by Gasteiger charge is 2.07. The lowest BCUT2D eigenvalue weighted by Crippen LogP contribution is -2.11. The average Bonchev–Trinajstić information content (AvgIpc) is 2.72. The van der Waals surface area contributed by atoms with E-state index < -0.39 is 17.5 Å². The van der Waals surface area contributed by atoms with Crippen LogP contribution in [0.1, 0.15) is 15.9 Å². The minimum absolute atomic E-state index is 0.233. The van der Waals surface area contributed by atoms with Gasteiger partial charge in [-0.15, -0.1) is 0 Å². The van der Waals surface area contributed by atoms with Gasteiger partial charge in [-0.2, -0.15) is 0 Å². The van der Waals surface area contributed by atoms with Crippen LogP contribution < -0.4 is 5.32 Å². The standard InChI is InChI=1S/C23H17NO5/c25-20(14-21(26)23(28)29)12-7-15-5-10-19(11-6-15)24-22(27)18-9-8-16-3-1-2-4-17(16)13-18/h1-14,26H,(H,24,27)(H,28,29)/b12-7+,21-14-. The van der Waals surface area contributed by atoms with Gasteiger partial charge in [-0.1, -0.05) is 48.5 Å². The number of nitrogens with one attached hydrogen (secondary N) is 1. The van der Waals surface area contributed by atoms with Gasteiger partial charge in [-0.25, -0.2) is 4.79 Å². The molecular weight excluding hydrogens is 370 g/mol. The molecule has 0 radical (unpaired) electrons. The number of anilines is 1. The molecule has 0 aromatic heterocycles. The maximum atomic E-state index is 12.5. The fourth-order valence-electron chi connectivity index (χ4n) is 2.63. The zero-order chi connectivity index (χ0) is 20.8. The van der Waals surface area contributed by atoms with Crippen LogP contribution in [0.4, 0.5) is 5.69 Å². The molecule has 0 saturated carbocycles. The molecule has 144 valence electrons. The highest BCUT2D eigenvalue weighted by molar-refractivity contribution is 6.07. The third-order valence-electron chi connectivity index (χ3n) is 4.12. The Labute approximate surface area is 166 Å². The van der Waals surface area contributed by atoms with Gasteiger partial charge >= 0.3 is 5.97 Å². The number of rotatable bonds is 6. The topological polar surface area (TPSA) is 104 Å². The minimum atomic E-state index is -1.57. The highest BCUT2D eigenvalue weighted by atomic mass is 16.4. The predicted molar refractivity (Wildman–Crippen MR) is 111 cm³/mol. The van der Waals surface area contributed by atoms with Crippen molar-refractivity contribution in [2.24, 2.45) is 0 Å². The van der Waals surface area contributed by atoms with E-state index in [1.165, 1.54) is 6.08 Å². The molecule has 0 saturated heterocycles. The van der Waals surface area contributed by atoms with Gasteiger partial charge in [0.1, 0.15) is 0 Å². The van der Waals surface area contributed by atoms with Crippen LogP contribution in [0.3, 0.4) is 0 Å². The van der Waals surface area contributed by atoms with Gasteiger partial charge in [-0.05, 0) is 46.7 Å². The number of benzene rings is 3. The van der Waals surface area contributed by atoms with Crippen molar-refractivity contribution >= 4 is 40.2 Å². The number of aliphatic hydroxyl groups is 1. The second-order valence-corrected chi connectivity index (χ2v) is 6.21. The Balaban J connectivity index is 1.66. The number of fused-ring (bicyclic) bond motifs is 1. The number of hydrogen-bond donors (Lipinski definition) is 3. The van der Waals surface area contributed by atoms with Crippen LogP contribution >= 0.6 is 0 Å². The number of carboxylic acids is 1. The lowest BCUT2D eigenvalue weighted by molar-refractivity contribution is -0.135. The van der Waals surface area contributed by atoms with E-state index in [4.69, 9.17) is 10.2 Å². The van der Waals surface area contributed by atoms with Crippen LogP contribution in [-0.2, 0) is 9.59 Å². The molecule has 0 unspecified atom stereocenters. The first-order chi connectivity index (χ1) is 13.9. The lowest BCUT2D eigenvalue weighted by Gasteiger charge is -2.07. The van der Waals surface area contributed by atoms with Crippen LogP contribution in [0.15, 0.2) is 84.6 Å². The first-order valence-corrected chi connectivity index (χ1v) is 8.68. The molecule has 0 spiro atoms. The lowest BCUT2D eigenvalue weighted by atomic mass is 10.1. The summed E-state index contributed by atoms with van der Waals surface area (Å²) in [4.78, 5) is 34.5. The van der Waals surface area contributed by atoms with E-state index in [-0.39, 0.29) is 5.91 Å². The maximum Gasteiger partial charge on any atom is 0.371 e. The van der Waals surface area contributed by atoms with Crippen molar-refractivity contribution in [3.8, 4) is 0 Å². The van der Waals surface area contributed by atoms with Crippen molar-refractivity contribution in [2.45, 2.75) is 0 Å². The number of carboxylic acid groups (broad SMARTS) is 1. The third kappa shape index (κ3) is 5.17. The number of hydrogen-bond acceptors (Lipinski definition) is 4. The van der Waals surface area contributed by atoms with Gasteiger partial charge in [0, 0.05) is 17.3 Å². The molecule has 0 atom stereocenters. The highest BCUT2D eigenvalue weighted by Crippen LogP contribution is 2.17. The molecule has 3 rings (SSSR count). The van der Waals surface area contributed by atoms with E-state index in [2.05, 4.69) is 5.32 Å². The molecule has 6 nitrogen and oxygen atoms in total. The van der Waals surface area contributed by atoms with Crippen molar-refractivity contribution in [2.75, 3.05) is 5.32 Å². The summed E-state index contributed by atoms with van der Waals surface area (Å²) >= 11 is 0. The molecule has 0 bridgehead atoms. The Bertz CT molecular complexity index is 1140. The molecule has 1 amide bonds. The second-order valence-electron chi connectivity index (χ2n) is 6.21. The number of amides is 1. The monoisotopic (exact) mass is 387 g/mol. The van der Waals surface area contributed by atoms with Gasteiger partial charge in [0.25, 0.3) is 5.91 Å². The average molecular weight is 387 g/mol. The van der Waals surface area contributed by atoms with E-state index >= 15 is 0 Å². The number of carbonyl (C=O) groups is 3. The summed E-state index contributed by atoms with van der Waals surface area (Å²) in [5.41, 5.74) is 1.81. The molecule has 3 N–H and O–H groups in total. The number of carbonyl (C=O) groups excluding carboxylic acids is 2. The molecule has 3 aromatic carbocycles. The summed E-state index contributed by atoms with van der Waals surface area (Å²) in [5.74, 6) is -3.48.